The van der Waals surface area contributed by atoms with Crippen LogP contribution in [-0.4, -0.2) is 56.8 Å². The standard InChI is InChI=1S/C22H29ClN2O4S/c1-22(2)21(16-5-4-6-17(23)13-16)11-12-25(22)14-19(26)15-29-20-9-7-18(8-10-20)24(3)30(27)28/h4-10,13,19,21,26,30H,11-12,14-15H2,1-3H3/t19-,21?/m1/s1. The summed E-state index contributed by atoms with van der Waals surface area (Å²) in [4.78, 5) is 2.30. The number of ether oxygens (including phenoxy) is 1. The van der Waals surface area contributed by atoms with Crippen LogP contribution in [0.15, 0.2) is 48.5 Å². The van der Waals surface area contributed by atoms with Crippen molar-refractivity contribution in [3.05, 3.63) is 59.1 Å². The van der Waals surface area contributed by atoms with Crippen molar-refractivity contribution in [3.8, 4) is 5.75 Å². The number of hydrogen-bond acceptors (Lipinski definition) is 5. The van der Waals surface area contributed by atoms with Gasteiger partial charge in [0.05, 0.1) is 5.69 Å². The van der Waals surface area contributed by atoms with Gasteiger partial charge in [0.25, 0.3) is 0 Å². The van der Waals surface area contributed by atoms with Gasteiger partial charge in [0.2, 0.25) is 10.9 Å². The lowest BCUT2D eigenvalue weighted by molar-refractivity contribution is 0.0433. The van der Waals surface area contributed by atoms with Gasteiger partial charge < -0.3 is 9.84 Å². The van der Waals surface area contributed by atoms with E-state index in [9.17, 15) is 13.5 Å². The summed E-state index contributed by atoms with van der Waals surface area (Å²) in [7, 11) is -1.18. The van der Waals surface area contributed by atoms with E-state index < -0.39 is 17.0 Å². The van der Waals surface area contributed by atoms with Crippen LogP contribution in [0, 0.1) is 0 Å². The fourth-order valence-corrected chi connectivity index (χ4v) is 4.64. The molecule has 0 aromatic heterocycles. The largest absolute Gasteiger partial charge is 0.491 e. The summed E-state index contributed by atoms with van der Waals surface area (Å²) in [5, 5.41) is 11.3. The van der Waals surface area contributed by atoms with E-state index in [-0.39, 0.29) is 12.1 Å². The van der Waals surface area contributed by atoms with Gasteiger partial charge in [-0.3, -0.25) is 9.21 Å². The smallest absolute Gasteiger partial charge is 0.224 e. The van der Waals surface area contributed by atoms with Crippen molar-refractivity contribution < 1.29 is 18.3 Å². The van der Waals surface area contributed by atoms with E-state index in [4.69, 9.17) is 16.3 Å². The molecule has 1 N–H and O–H groups in total. The first-order valence-corrected chi connectivity index (χ1v) is 11.5. The fourth-order valence-electron chi connectivity index (χ4n) is 4.12. The maximum atomic E-state index is 11.0. The number of thiol groups is 1. The van der Waals surface area contributed by atoms with Gasteiger partial charge in [-0.25, -0.2) is 8.42 Å². The summed E-state index contributed by atoms with van der Waals surface area (Å²) < 4.78 is 28.9. The van der Waals surface area contributed by atoms with Crippen LogP contribution in [0.5, 0.6) is 5.75 Å². The maximum Gasteiger partial charge on any atom is 0.224 e. The van der Waals surface area contributed by atoms with Crippen LogP contribution >= 0.6 is 11.6 Å². The number of rotatable bonds is 8. The summed E-state index contributed by atoms with van der Waals surface area (Å²) in [5.41, 5.74) is 1.68. The molecule has 1 saturated heterocycles. The highest BCUT2D eigenvalue weighted by atomic mass is 35.5. The Bertz CT molecular complexity index is 925. The summed E-state index contributed by atoms with van der Waals surface area (Å²) in [6.45, 7) is 5.99. The van der Waals surface area contributed by atoms with Crippen LogP contribution < -0.4 is 9.04 Å². The molecule has 0 spiro atoms. The average Bonchev–Trinajstić information content (AvgIpc) is 3.00. The van der Waals surface area contributed by atoms with E-state index in [2.05, 4.69) is 24.8 Å². The number of likely N-dealkylation sites (tertiary alicyclic amines) is 1. The second-order valence-electron chi connectivity index (χ2n) is 8.22. The molecule has 1 unspecified atom stereocenters. The molecule has 1 fully saturated rings. The maximum absolute atomic E-state index is 11.0. The van der Waals surface area contributed by atoms with Crippen LogP contribution in [0.25, 0.3) is 0 Å². The first-order valence-electron chi connectivity index (χ1n) is 9.98. The average molecular weight is 453 g/mol. The Morgan fingerprint density at radius 3 is 2.60 bits per heavy atom. The Kier molecular flexibility index (Phi) is 7.29. The second-order valence-corrected chi connectivity index (χ2v) is 9.73. The third-order valence-corrected chi connectivity index (χ3v) is 6.89. The van der Waals surface area contributed by atoms with Crippen LogP contribution in [0.4, 0.5) is 5.69 Å². The summed E-state index contributed by atoms with van der Waals surface area (Å²) in [5.74, 6) is 0.936. The molecule has 8 heteroatoms. The van der Waals surface area contributed by atoms with E-state index in [0.29, 0.717) is 23.9 Å². The van der Waals surface area contributed by atoms with Crippen LogP contribution in [0.2, 0.25) is 5.02 Å². The van der Waals surface area contributed by atoms with Gasteiger partial charge in [-0.05, 0) is 68.8 Å². The van der Waals surface area contributed by atoms with E-state index in [1.807, 2.05) is 18.2 Å². The number of halogens is 1. The highest BCUT2D eigenvalue weighted by molar-refractivity contribution is 7.74. The van der Waals surface area contributed by atoms with E-state index in [0.717, 1.165) is 18.0 Å². The minimum Gasteiger partial charge on any atom is -0.491 e. The predicted octanol–water partition coefficient (Wildman–Crippen LogP) is 3.31. The van der Waals surface area contributed by atoms with Crippen LogP contribution in [0.1, 0.15) is 31.7 Å². The quantitative estimate of drug-likeness (QED) is 0.601. The number of nitrogens with zero attached hydrogens (tertiary/aromatic N) is 2. The van der Waals surface area contributed by atoms with Gasteiger partial charge in [-0.2, -0.15) is 0 Å². The molecule has 0 aliphatic carbocycles. The second kappa shape index (κ2) is 9.56. The Balaban J connectivity index is 1.55. The molecule has 164 valence electrons. The highest BCUT2D eigenvalue weighted by Gasteiger charge is 2.42. The van der Waals surface area contributed by atoms with Gasteiger partial charge in [0.1, 0.15) is 18.5 Å². The number of β-amino-alcohol motifs (C(OH)–C–C–N with tert-alkyl or cyclic N) is 1. The first kappa shape index (κ1) is 22.9. The Morgan fingerprint density at radius 1 is 1.27 bits per heavy atom. The van der Waals surface area contributed by atoms with Gasteiger partial charge in [0, 0.05) is 30.1 Å². The lowest BCUT2D eigenvalue weighted by atomic mass is 9.82. The lowest BCUT2D eigenvalue weighted by Crippen LogP contribution is -2.46. The SMILES string of the molecule is CN(c1ccc(OC[C@H](O)CN2CCC(c3cccc(Cl)c3)C2(C)C)cc1)[SH](=O)=O. The van der Waals surface area contributed by atoms with Crippen molar-refractivity contribution in [2.24, 2.45) is 0 Å². The number of benzene rings is 2. The van der Waals surface area contributed by atoms with Gasteiger partial charge in [-0.1, -0.05) is 23.7 Å². The van der Waals surface area contributed by atoms with Gasteiger partial charge in [0.15, 0.2) is 0 Å². The minimum atomic E-state index is -2.67. The summed E-state index contributed by atoms with van der Waals surface area (Å²) >= 11 is 6.18. The van der Waals surface area contributed by atoms with E-state index in [1.54, 1.807) is 24.3 Å². The molecule has 2 aromatic rings. The molecule has 1 aliphatic heterocycles. The fraction of sp³-hybridized carbons (Fsp3) is 0.455. The van der Waals surface area contributed by atoms with Crippen LogP contribution in [0.3, 0.4) is 0 Å². The Hall–Kier alpha value is -1.80. The summed E-state index contributed by atoms with van der Waals surface area (Å²) in [6.07, 6.45) is 0.374. The molecular weight excluding hydrogens is 424 g/mol. The Morgan fingerprint density at radius 2 is 1.97 bits per heavy atom. The zero-order valence-corrected chi connectivity index (χ0v) is 19.1. The molecule has 2 aromatic carbocycles. The number of hydrogen-bond donors (Lipinski definition) is 2. The monoisotopic (exact) mass is 452 g/mol. The zero-order valence-electron chi connectivity index (χ0n) is 17.5. The topological polar surface area (TPSA) is 70.1 Å². The molecule has 0 bridgehead atoms. The molecule has 1 aliphatic rings. The van der Waals surface area contributed by atoms with Crippen molar-refractivity contribution in [2.75, 3.05) is 31.0 Å². The third-order valence-electron chi connectivity index (χ3n) is 5.94. The van der Waals surface area contributed by atoms with Crippen LogP contribution in [-0.2, 0) is 10.9 Å². The van der Waals surface area contributed by atoms with Crippen molar-refractivity contribution in [1.29, 1.82) is 0 Å². The molecule has 2 atom stereocenters. The van der Waals surface area contributed by atoms with E-state index in [1.165, 1.54) is 16.9 Å². The molecular formula is C22H29ClN2O4S. The minimum absolute atomic E-state index is 0.104. The number of anilines is 1. The molecule has 0 radical (unpaired) electrons. The Labute approximate surface area is 185 Å². The van der Waals surface area contributed by atoms with Crippen molar-refractivity contribution in [2.45, 2.75) is 37.8 Å². The molecule has 6 nitrogen and oxygen atoms in total. The zero-order chi connectivity index (χ0) is 21.9. The third kappa shape index (κ3) is 5.27. The number of aliphatic hydroxyl groups excluding tert-OH is 1. The van der Waals surface area contributed by atoms with Crippen molar-refractivity contribution in [1.82, 2.24) is 4.90 Å². The molecule has 0 saturated carbocycles. The molecule has 3 rings (SSSR count). The highest BCUT2D eigenvalue weighted by Crippen LogP contribution is 2.42. The molecule has 30 heavy (non-hydrogen) atoms. The van der Waals surface area contributed by atoms with Gasteiger partial charge >= 0.3 is 0 Å². The lowest BCUT2D eigenvalue weighted by Gasteiger charge is -2.37. The van der Waals surface area contributed by atoms with Crippen molar-refractivity contribution >= 4 is 28.2 Å². The molecule has 0 amide bonds. The first-order chi connectivity index (χ1) is 14.2. The molecule has 1 heterocycles. The predicted molar refractivity (Wildman–Crippen MR) is 121 cm³/mol. The van der Waals surface area contributed by atoms with Crippen molar-refractivity contribution in [3.63, 3.8) is 0 Å². The normalized spacial score (nSPS) is 19.7. The summed E-state index contributed by atoms with van der Waals surface area (Å²) in [6, 6.07) is 14.8. The van der Waals surface area contributed by atoms with E-state index >= 15 is 0 Å². The number of aliphatic hydroxyl groups is 1. The van der Waals surface area contributed by atoms with Gasteiger partial charge in [-0.15, -0.1) is 0 Å².